The highest BCUT2D eigenvalue weighted by atomic mass is 28.4. The molecule has 0 saturated heterocycles. The van der Waals surface area contributed by atoms with E-state index in [1.165, 1.54) is 7.11 Å². The Morgan fingerprint density at radius 1 is 1.20 bits per heavy atom. The van der Waals surface area contributed by atoms with E-state index in [-0.39, 0.29) is 12.1 Å². The largest absolute Gasteiger partial charge is 0.466 e. The Balaban J connectivity index is 5.11. The fourth-order valence-electron chi connectivity index (χ4n) is 2.13. The van der Waals surface area contributed by atoms with Gasteiger partial charge in [-0.15, -0.1) is 0 Å². The first-order valence-electron chi connectivity index (χ1n) is 7.61. The van der Waals surface area contributed by atoms with E-state index in [2.05, 4.69) is 40.3 Å². The number of carbonyl (C=O) groups is 1. The van der Waals surface area contributed by atoms with Gasteiger partial charge in [0, 0.05) is 0 Å². The molecule has 0 rings (SSSR count). The maximum atomic E-state index is 11.7. The Kier molecular flexibility index (Phi) is 9.51. The van der Waals surface area contributed by atoms with Crippen molar-refractivity contribution in [1.29, 1.82) is 0 Å². The van der Waals surface area contributed by atoms with Crippen LogP contribution in [0.15, 0.2) is 24.3 Å². The van der Waals surface area contributed by atoms with Crippen molar-refractivity contribution >= 4 is 14.3 Å². The molecule has 0 bridgehead atoms. The molecule has 3 nitrogen and oxygen atoms in total. The number of esters is 1. The van der Waals surface area contributed by atoms with E-state index in [9.17, 15) is 4.79 Å². The van der Waals surface area contributed by atoms with Gasteiger partial charge in [0.25, 0.3) is 0 Å². The minimum atomic E-state index is -1.78. The van der Waals surface area contributed by atoms with Gasteiger partial charge in [-0.25, -0.2) is 4.79 Å². The van der Waals surface area contributed by atoms with Gasteiger partial charge >= 0.3 is 5.97 Å². The molecule has 0 saturated carbocycles. The lowest BCUT2D eigenvalue weighted by Gasteiger charge is -2.32. The van der Waals surface area contributed by atoms with Crippen molar-refractivity contribution in [3.05, 3.63) is 24.3 Å². The molecule has 116 valence electrons. The van der Waals surface area contributed by atoms with Crippen LogP contribution in [0, 0.1) is 0 Å². The molecule has 0 radical (unpaired) electrons. The summed E-state index contributed by atoms with van der Waals surface area (Å²) in [6.45, 7) is 12.5. The summed E-state index contributed by atoms with van der Waals surface area (Å²) in [7, 11) is -0.402. The van der Waals surface area contributed by atoms with Crippen molar-refractivity contribution in [2.45, 2.75) is 64.8 Å². The van der Waals surface area contributed by atoms with Crippen molar-refractivity contribution in [2.75, 3.05) is 7.11 Å². The second kappa shape index (κ2) is 9.94. The van der Waals surface area contributed by atoms with E-state index in [1.54, 1.807) is 0 Å². The maximum Gasteiger partial charge on any atom is 0.336 e. The van der Waals surface area contributed by atoms with Gasteiger partial charge in [0.15, 0.2) is 8.32 Å². The van der Waals surface area contributed by atoms with Crippen LogP contribution in [0.3, 0.4) is 0 Å². The van der Waals surface area contributed by atoms with Gasteiger partial charge in [-0.2, -0.15) is 0 Å². The second-order valence-electron chi connectivity index (χ2n) is 5.02. The van der Waals surface area contributed by atoms with Crippen LogP contribution in [0.4, 0.5) is 0 Å². The molecule has 4 heteroatoms. The lowest BCUT2D eigenvalue weighted by molar-refractivity contribution is -0.136. The van der Waals surface area contributed by atoms with E-state index in [0.29, 0.717) is 5.57 Å². The van der Waals surface area contributed by atoms with E-state index in [4.69, 9.17) is 9.16 Å². The maximum absolute atomic E-state index is 11.7. The Morgan fingerprint density at radius 2 is 1.75 bits per heavy atom. The first kappa shape index (κ1) is 19.1. The zero-order valence-electron chi connectivity index (χ0n) is 13.7. The smallest absolute Gasteiger partial charge is 0.336 e. The first-order valence-corrected chi connectivity index (χ1v) is 10.1. The van der Waals surface area contributed by atoms with E-state index < -0.39 is 8.32 Å². The van der Waals surface area contributed by atoms with Crippen LogP contribution in [-0.2, 0) is 14.0 Å². The van der Waals surface area contributed by atoms with Crippen molar-refractivity contribution in [3.8, 4) is 0 Å². The summed E-state index contributed by atoms with van der Waals surface area (Å²) >= 11 is 0. The van der Waals surface area contributed by atoms with Gasteiger partial charge in [0.1, 0.15) is 0 Å². The number of rotatable bonds is 10. The summed E-state index contributed by atoms with van der Waals surface area (Å²) in [6, 6.07) is 3.14. The SMILES string of the molecule is C=C(C(=O)OC)[C@@H](/C=C/CCC)O[Si](CC)(CC)CC. The third kappa shape index (κ3) is 5.63. The number of unbranched alkanes of at least 4 members (excludes halogenated alkanes) is 1. The van der Waals surface area contributed by atoms with Gasteiger partial charge in [0.05, 0.1) is 18.8 Å². The first-order chi connectivity index (χ1) is 9.50. The topological polar surface area (TPSA) is 35.5 Å². The second-order valence-corrected chi connectivity index (χ2v) is 9.74. The molecule has 0 aromatic rings. The van der Waals surface area contributed by atoms with Gasteiger partial charge < -0.3 is 9.16 Å². The fourth-order valence-corrected chi connectivity index (χ4v) is 4.89. The summed E-state index contributed by atoms with van der Waals surface area (Å²) in [5, 5.41) is 0. The van der Waals surface area contributed by atoms with Gasteiger partial charge in [-0.05, 0) is 24.6 Å². The highest BCUT2D eigenvalue weighted by Gasteiger charge is 2.33. The predicted octanol–water partition coefficient (Wildman–Crippen LogP) is 4.46. The molecule has 0 amide bonds. The summed E-state index contributed by atoms with van der Waals surface area (Å²) < 4.78 is 11.1. The minimum absolute atomic E-state index is 0.347. The molecular formula is C16H30O3Si. The molecule has 0 aliphatic heterocycles. The molecule has 20 heavy (non-hydrogen) atoms. The number of hydrogen-bond donors (Lipinski definition) is 0. The Morgan fingerprint density at radius 3 is 2.15 bits per heavy atom. The van der Waals surface area contributed by atoms with Crippen LogP contribution in [0.25, 0.3) is 0 Å². The van der Waals surface area contributed by atoms with Gasteiger partial charge in [-0.3, -0.25) is 0 Å². The molecule has 0 fully saturated rings. The molecule has 0 aliphatic carbocycles. The third-order valence-electron chi connectivity index (χ3n) is 3.87. The lowest BCUT2D eigenvalue weighted by atomic mass is 10.1. The molecule has 0 aromatic heterocycles. The summed E-state index contributed by atoms with van der Waals surface area (Å²) in [6.07, 6.45) is 5.74. The average Bonchev–Trinajstić information content (AvgIpc) is 2.49. The molecular weight excluding hydrogens is 268 g/mol. The van der Waals surface area contributed by atoms with E-state index in [1.807, 2.05) is 6.08 Å². The predicted molar refractivity (Wildman–Crippen MR) is 87.3 cm³/mol. The van der Waals surface area contributed by atoms with Crippen molar-refractivity contribution in [3.63, 3.8) is 0 Å². The fraction of sp³-hybridized carbons (Fsp3) is 0.688. The standard InChI is InChI=1S/C16H30O3Si/c1-7-11-12-13-15(14(5)16(17)18-6)19-20(8-2,9-3)10-4/h12-13,15H,5,7-11H2,1-4,6H3/b13-12+/t15-/m1/s1. The van der Waals surface area contributed by atoms with Crippen LogP contribution < -0.4 is 0 Å². The van der Waals surface area contributed by atoms with Crippen molar-refractivity contribution in [2.24, 2.45) is 0 Å². The van der Waals surface area contributed by atoms with Crippen LogP contribution in [0.2, 0.25) is 18.1 Å². The van der Waals surface area contributed by atoms with E-state index in [0.717, 1.165) is 31.0 Å². The molecule has 0 N–H and O–H groups in total. The summed E-state index contributed by atoms with van der Waals surface area (Å²) in [4.78, 5) is 11.7. The summed E-state index contributed by atoms with van der Waals surface area (Å²) in [5.74, 6) is -0.387. The van der Waals surface area contributed by atoms with Crippen LogP contribution in [0.1, 0.15) is 40.5 Å². The lowest BCUT2D eigenvalue weighted by Crippen LogP contribution is -2.40. The van der Waals surface area contributed by atoms with E-state index >= 15 is 0 Å². The third-order valence-corrected chi connectivity index (χ3v) is 8.49. The van der Waals surface area contributed by atoms with Crippen LogP contribution in [0.5, 0.6) is 0 Å². The number of carbonyl (C=O) groups excluding carboxylic acids is 1. The Bertz CT molecular complexity index is 324. The monoisotopic (exact) mass is 298 g/mol. The molecule has 0 heterocycles. The number of methoxy groups -OCH3 is 1. The number of ether oxygens (including phenoxy) is 1. The van der Waals surface area contributed by atoms with Crippen molar-refractivity contribution in [1.82, 2.24) is 0 Å². The Labute approximate surface area is 125 Å². The number of allylic oxidation sites excluding steroid dienone is 1. The van der Waals surface area contributed by atoms with Crippen LogP contribution >= 0.6 is 0 Å². The summed E-state index contributed by atoms with van der Waals surface area (Å²) in [5.41, 5.74) is 0.395. The highest BCUT2D eigenvalue weighted by Crippen LogP contribution is 2.26. The average molecular weight is 298 g/mol. The normalized spacial score (nSPS) is 13.4. The molecule has 0 spiro atoms. The molecule has 1 atom stereocenters. The van der Waals surface area contributed by atoms with Gasteiger partial charge in [0.2, 0.25) is 0 Å². The quantitative estimate of drug-likeness (QED) is 0.258. The van der Waals surface area contributed by atoms with Crippen LogP contribution in [-0.4, -0.2) is 27.5 Å². The molecule has 0 aromatic carbocycles. The van der Waals surface area contributed by atoms with Crippen molar-refractivity contribution < 1.29 is 14.0 Å². The highest BCUT2D eigenvalue weighted by molar-refractivity contribution is 6.73. The minimum Gasteiger partial charge on any atom is -0.466 e. The molecule has 0 unspecified atom stereocenters. The zero-order chi connectivity index (χ0) is 15.6. The molecule has 0 aliphatic rings. The Hall–Kier alpha value is -0.873. The van der Waals surface area contributed by atoms with Gasteiger partial charge in [-0.1, -0.05) is 52.8 Å². The zero-order valence-corrected chi connectivity index (χ0v) is 14.7. The number of hydrogen-bond acceptors (Lipinski definition) is 3.